The van der Waals surface area contributed by atoms with Crippen molar-refractivity contribution in [1.29, 1.82) is 0 Å². The van der Waals surface area contributed by atoms with Crippen molar-refractivity contribution in [2.75, 3.05) is 26.2 Å². The Bertz CT molecular complexity index is 353. The van der Waals surface area contributed by atoms with Gasteiger partial charge in [-0.2, -0.15) is 0 Å². The van der Waals surface area contributed by atoms with Crippen molar-refractivity contribution >= 4 is 5.84 Å². The third-order valence-corrected chi connectivity index (χ3v) is 3.18. The first kappa shape index (κ1) is 12.1. The molecular formula is C14H21N3. The van der Waals surface area contributed by atoms with E-state index in [1.54, 1.807) is 0 Å². The Kier molecular flexibility index (Phi) is 4.56. The van der Waals surface area contributed by atoms with Crippen molar-refractivity contribution in [3.8, 4) is 0 Å². The molecule has 1 aromatic carbocycles. The molecule has 0 aromatic heterocycles. The Morgan fingerprint density at radius 1 is 1.18 bits per heavy atom. The van der Waals surface area contributed by atoms with Gasteiger partial charge in [-0.15, -0.1) is 0 Å². The van der Waals surface area contributed by atoms with Crippen molar-refractivity contribution < 1.29 is 0 Å². The van der Waals surface area contributed by atoms with Gasteiger partial charge in [0, 0.05) is 12.1 Å². The summed E-state index contributed by atoms with van der Waals surface area (Å²) < 4.78 is 0. The number of rotatable bonds is 5. The number of nitrogens with two attached hydrogens (primary N) is 1. The molecule has 3 heteroatoms. The zero-order chi connectivity index (χ0) is 11.9. The fraction of sp³-hybridized carbons (Fsp3) is 0.500. The molecule has 0 aliphatic carbocycles. The predicted octanol–water partition coefficient (Wildman–Crippen LogP) is 1.88. The van der Waals surface area contributed by atoms with Crippen LogP contribution >= 0.6 is 0 Å². The first-order valence-corrected chi connectivity index (χ1v) is 6.44. The summed E-state index contributed by atoms with van der Waals surface area (Å²) in [5, 5.41) is 0. The molecule has 0 radical (unpaired) electrons. The predicted molar refractivity (Wildman–Crippen MR) is 72.3 cm³/mol. The molecule has 1 heterocycles. The molecule has 17 heavy (non-hydrogen) atoms. The summed E-state index contributed by atoms with van der Waals surface area (Å²) in [5.41, 5.74) is 6.95. The van der Waals surface area contributed by atoms with E-state index < -0.39 is 0 Å². The first-order chi connectivity index (χ1) is 8.36. The van der Waals surface area contributed by atoms with Gasteiger partial charge in [-0.05, 0) is 38.9 Å². The smallest absolute Gasteiger partial charge is 0.125 e. The van der Waals surface area contributed by atoms with Crippen LogP contribution in [-0.4, -0.2) is 36.9 Å². The monoisotopic (exact) mass is 231 g/mol. The van der Waals surface area contributed by atoms with Crippen LogP contribution < -0.4 is 5.73 Å². The number of aliphatic imine (C=N–C) groups is 1. The molecule has 0 saturated carbocycles. The molecule has 1 aliphatic rings. The third kappa shape index (κ3) is 3.86. The summed E-state index contributed by atoms with van der Waals surface area (Å²) in [6.07, 6.45) is 3.82. The van der Waals surface area contributed by atoms with E-state index in [2.05, 4.69) is 9.89 Å². The quantitative estimate of drug-likeness (QED) is 0.477. The highest BCUT2D eigenvalue weighted by atomic mass is 15.1. The average Bonchev–Trinajstić information content (AvgIpc) is 2.88. The van der Waals surface area contributed by atoms with Crippen molar-refractivity contribution in [1.82, 2.24) is 4.90 Å². The number of likely N-dealkylation sites (tertiary alicyclic amines) is 1. The third-order valence-electron chi connectivity index (χ3n) is 3.18. The zero-order valence-corrected chi connectivity index (χ0v) is 10.3. The van der Waals surface area contributed by atoms with E-state index in [0.717, 1.165) is 25.1 Å². The maximum absolute atomic E-state index is 5.93. The molecule has 0 bridgehead atoms. The standard InChI is InChI=1S/C14H21N3/c15-14(13-7-2-1-3-8-13)16-9-6-12-17-10-4-5-11-17/h1-3,7-8H,4-6,9-12H2,(H2,15,16). The second kappa shape index (κ2) is 6.40. The van der Waals surface area contributed by atoms with Crippen LogP contribution in [0.2, 0.25) is 0 Å². The van der Waals surface area contributed by atoms with Gasteiger partial charge < -0.3 is 10.6 Å². The van der Waals surface area contributed by atoms with Crippen LogP contribution in [0.1, 0.15) is 24.8 Å². The van der Waals surface area contributed by atoms with Gasteiger partial charge in [0.2, 0.25) is 0 Å². The maximum atomic E-state index is 5.93. The number of amidine groups is 1. The molecule has 1 fully saturated rings. The van der Waals surface area contributed by atoms with Crippen LogP contribution in [0, 0.1) is 0 Å². The van der Waals surface area contributed by atoms with Crippen LogP contribution in [-0.2, 0) is 0 Å². The Labute approximate surface area is 103 Å². The minimum absolute atomic E-state index is 0.659. The minimum Gasteiger partial charge on any atom is -0.384 e. The molecular weight excluding hydrogens is 210 g/mol. The topological polar surface area (TPSA) is 41.6 Å². The summed E-state index contributed by atoms with van der Waals surface area (Å²) in [4.78, 5) is 6.93. The second-order valence-corrected chi connectivity index (χ2v) is 4.54. The highest BCUT2D eigenvalue weighted by Gasteiger charge is 2.09. The van der Waals surface area contributed by atoms with Crippen LogP contribution in [0.5, 0.6) is 0 Å². The van der Waals surface area contributed by atoms with Gasteiger partial charge in [-0.3, -0.25) is 4.99 Å². The van der Waals surface area contributed by atoms with Gasteiger partial charge in [0.1, 0.15) is 5.84 Å². The second-order valence-electron chi connectivity index (χ2n) is 4.54. The normalized spacial score (nSPS) is 17.5. The molecule has 1 saturated heterocycles. The largest absolute Gasteiger partial charge is 0.384 e. The summed E-state index contributed by atoms with van der Waals surface area (Å²) in [6.45, 7) is 4.51. The molecule has 0 spiro atoms. The fourth-order valence-corrected chi connectivity index (χ4v) is 2.20. The van der Waals surface area contributed by atoms with E-state index in [0.29, 0.717) is 5.84 Å². The summed E-state index contributed by atoms with van der Waals surface area (Å²) in [7, 11) is 0. The lowest BCUT2D eigenvalue weighted by atomic mass is 10.2. The summed E-state index contributed by atoms with van der Waals surface area (Å²) in [6, 6.07) is 9.96. The van der Waals surface area contributed by atoms with Crippen LogP contribution in [0.25, 0.3) is 0 Å². The molecule has 92 valence electrons. The molecule has 0 amide bonds. The van der Waals surface area contributed by atoms with Crippen molar-refractivity contribution in [2.45, 2.75) is 19.3 Å². The number of hydrogen-bond donors (Lipinski definition) is 1. The number of hydrogen-bond acceptors (Lipinski definition) is 2. The Morgan fingerprint density at radius 2 is 1.88 bits per heavy atom. The molecule has 2 N–H and O–H groups in total. The van der Waals surface area contributed by atoms with E-state index >= 15 is 0 Å². The molecule has 3 nitrogen and oxygen atoms in total. The van der Waals surface area contributed by atoms with Gasteiger partial charge in [-0.1, -0.05) is 30.3 Å². The lowest BCUT2D eigenvalue weighted by Crippen LogP contribution is -2.21. The molecule has 1 aromatic rings. The summed E-state index contributed by atoms with van der Waals surface area (Å²) in [5.74, 6) is 0.659. The SMILES string of the molecule is NC(=NCCCN1CCCC1)c1ccccc1. The van der Waals surface area contributed by atoms with Crippen molar-refractivity contribution in [2.24, 2.45) is 10.7 Å². The maximum Gasteiger partial charge on any atom is 0.125 e. The highest BCUT2D eigenvalue weighted by molar-refractivity contribution is 5.97. The molecule has 0 atom stereocenters. The van der Waals surface area contributed by atoms with Gasteiger partial charge >= 0.3 is 0 Å². The number of benzene rings is 1. The minimum atomic E-state index is 0.659. The van der Waals surface area contributed by atoms with E-state index in [-0.39, 0.29) is 0 Å². The molecule has 1 aliphatic heterocycles. The van der Waals surface area contributed by atoms with E-state index in [1.807, 2.05) is 30.3 Å². The Balaban J connectivity index is 1.72. The number of nitrogens with zero attached hydrogens (tertiary/aromatic N) is 2. The summed E-state index contributed by atoms with van der Waals surface area (Å²) >= 11 is 0. The van der Waals surface area contributed by atoms with Gasteiger partial charge in [-0.25, -0.2) is 0 Å². The molecule has 0 unspecified atom stereocenters. The molecule has 2 rings (SSSR count). The van der Waals surface area contributed by atoms with Gasteiger partial charge in [0.15, 0.2) is 0 Å². The van der Waals surface area contributed by atoms with Crippen LogP contribution in [0.4, 0.5) is 0 Å². The fourth-order valence-electron chi connectivity index (χ4n) is 2.20. The lowest BCUT2D eigenvalue weighted by Gasteiger charge is -2.12. The first-order valence-electron chi connectivity index (χ1n) is 6.44. The van der Waals surface area contributed by atoms with E-state index in [4.69, 9.17) is 5.73 Å². The van der Waals surface area contributed by atoms with Crippen LogP contribution in [0.15, 0.2) is 35.3 Å². The van der Waals surface area contributed by atoms with E-state index in [1.165, 1.54) is 25.9 Å². The van der Waals surface area contributed by atoms with Gasteiger partial charge in [0.05, 0.1) is 0 Å². The average molecular weight is 231 g/mol. The van der Waals surface area contributed by atoms with E-state index in [9.17, 15) is 0 Å². The Morgan fingerprint density at radius 3 is 2.59 bits per heavy atom. The van der Waals surface area contributed by atoms with Crippen molar-refractivity contribution in [3.05, 3.63) is 35.9 Å². The zero-order valence-electron chi connectivity index (χ0n) is 10.3. The lowest BCUT2D eigenvalue weighted by molar-refractivity contribution is 0.336. The van der Waals surface area contributed by atoms with Crippen molar-refractivity contribution in [3.63, 3.8) is 0 Å². The van der Waals surface area contributed by atoms with Gasteiger partial charge in [0.25, 0.3) is 0 Å². The highest BCUT2D eigenvalue weighted by Crippen LogP contribution is 2.07. The Hall–Kier alpha value is -1.35. The van der Waals surface area contributed by atoms with Crippen LogP contribution in [0.3, 0.4) is 0 Å².